The summed E-state index contributed by atoms with van der Waals surface area (Å²) in [6, 6.07) is 4.06. The highest BCUT2D eigenvalue weighted by Crippen LogP contribution is 2.44. The molecule has 5 rings (SSSR count). The summed E-state index contributed by atoms with van der Waals surface area (Å²) in [5.74, 6) is -0.118. The molecule has 0 unspecified atom stereocenters. The standard InChI is InChI=1S/C18H17F2N3O/c19-14-4-1-11(5-15(14)20)7-23-9-18(10-23)13-6-21-17(12-2-3-12)22-16(13)8-24-18/h1,4-6,12H,2-3,7-10H2. The Morgan fingerprint density at radius 1 is 1.21 bits per heavy atom. The number of ether oxygens (including phenoxy) is 1. The summed E-state index contributed by atoms with van der Waals surface area (Å²) in [6.07, 6.45) is 4.30. The van der Waals surface area contributed by atoms with Gasteiger partial charge in [-0.2, -0.15) is 0 Å². The molecule has 2 aliphatic heterocycles. The molecular weight excluding hydrogens is 312 g/mol. The zero-order chi connectivity index (χ0) is 16.3. The number of fused-ring (bicyclic) bond motifs is 2. The second kappa shape index (κ2) is 5.04. The lowest BCUT2D eigenvalue weighted by Crippen LogP contribution is -2.58. The van der Waals surface area contributed by atoms with Crippen molar-refractivity contribution in [2.45, 2.75) is 37.5 Å². The number of benzene rings is 1. The highest BCUT2D eigenvalue weighted by molar-refractivity contribution is 5.33. The van der Waals surface area contributed by atoms with Crippen molar-refractivity contribution in [2.75, 3.05) is 13.1 Å². The predicted molar refractivity (Wildman–Crippen MR) is 82.1 cm³/mol. The van der Waals surface area contributed by atoms with Crippen molar-refractivity contribution in [1.82, 2.24) is 14.9 Å². The summed E-state index contributed by atoms with van der Waals surface area (Å²) in [6.45, 7) is 2.57. The summed E-state index contributed by atoms with van der Waals surface area (Å²) < 4.78 is 32.4. The minimum atomic E-state index is -0.810. The van der Waals surface area contributed by atoms with E-state index in [0.29, 0.717) is 19.1 Å². The molecule has 0 N–H and O–H groups in total. The van der Waals surface area contributed by atoms with Gasteiger partial charge in [-0.1, -0.05) is 6.07 Å². The van der Waals surface area contributed by atoms with Crippen molar-refractivity contribution in [3.8, 4) is 0 Å². The van der Waals surface area contributed by atoms with E-state index in [0.717, 1.165) is 35.7 Å². The van der Waals surface area contributed by atoms with Crippen LogP contribution in [0, 0.1) is 11.6 Å². The largest absolute Gasteiger partial charge is 0.361 e. The second-order valence-electron chi connectivity index (χ2n) is 7.04. The highest BCUT2D eigenvalue weighted by Gasteiger charge is 2.51. The zero-order valence-electron chi connectivity index (χ0n) is 13.1. The van der Waals surface area contributed by atoms with Crippen LogP contribution < -0.4 is 0 Å². The van der Waals surface area contributed by atoms with Crippen LogP contribution in [0.25, 0.3) is 0 Å². The fraction of sp³-hybridized carbons (Fsp3) is 0.444. The maximum Gasteiger partial charge on any atom is 0.159 e. The highest BCUT2D eigenvalue weighted by atomic mass is 19.2. The lowest BCUT2D eigenvalue weighted by molar-refractivity contribution is -0.145. The van der Waals surface area contributed by atoms with E-state index >= 15 is 0 Å². The van der Waals surface area contributed by atoms with Crippen molar-refractivity contribution in [2.24, 2.45) is 0 Å². The number of rotatable bonds is 3. The SMILES string of the molecule is Fc1ccc(CN2CC3(C2)OCc2nc(C4CC4)ncc23)cc1F. The molecule has 1 spiro atoms. The summed E-state index contributed by atoms with van der Waals surface area (Å²) in [5.41, 5.74) is 2.55. The third kappa shape index (κ3) is 2.24. The fourth-order valence-electron chi connectivity index (χ4n) is 3.69. The Bertz CT molecular complexity index is 816. The third-order valence-corrected chi connectivity index (χ3v) is 5.15. The number of hydrogen-bond donors (Lipinski definition) is 0. The molecule has 6 heteroatoms. The molecular formula is C18H17F2N3O. The van der Waals surface area contributed by atoms with Crippen LogP contribution >= 0.6 is 0 Å². The second-order valence-corrected chi connectivity index (χ2v) is 7.04. The number of halogens is 2. The zero-order valence-corrected chi connectivity index (χ0v) is 13.1. The molecule has 0 atom stereocenters. The number of nitrogens with zero attached hydrogens (tertiary/aromatic N) is 3. The van der Waals surface area contributed by atoms with Crippen LogP contribution in [-0.4, -0.2) is 28.0 Å². The molecule has 3 heterocycles. The first kappa shape index (κ1) is 14.4. The Kier molecular flexibility index (Phi) is 3.03. The maximum absolute atomic E-state index is 13.3. The first-order chi connectivity index (χ1) is 11.6. The normalized spacial score (nSPS) is 21.8. The van der Waals surface area contributed by atoms with Crippen LogP contribution in [0.1, 0.15) is 41.4 Å². The van der Waals surface area contributed by atoms with Crippen molar-refractivity contribution in [3.63, 3.8) is 0 Å². The molecule has 4 nitrogen and oxygen atoms in total. The van der Waals surface area contributed by atoms with Crippen molar-refractivity contribution >= 4 is 0 Å². The van der Waals surface area contributed by atoms with Gasteiger partial charge in [-0.3, -0.25) is 4.90 Å². The fourth-order valence-corrected chi connectivity index (χ4v) is 3.69. The molecule has 24 heavy (non-hydrogen) atoms. The summed E-state index contributed by atoms with van der Waals surface area (Å²) in [4.78, 5) is 11.4. The molecule has 1 saturated heterocycles. The molecule has 2 fully saturated rings. The van der Waals surface area contributed by atoms with Crippen molar-refractivity contribution < 1.29 is 13.5 Å². The van der Waals surface area contributed by atoms with E-state index in [4.69, 9.17) is 4.74 Å². The van der Waals surface area contributed by atoms with Crippen LogP contribution in [0.2, 0.25) is 0 Å². The monoisotopic (exact) mass is 329 g/mol. The van der Waals surface area contributed by atoms with Gasteiger partial charge in [0.05, 0.1) is 12.3 Å². The van der Waals surface area contributed by atoms with Gasteiger partial charge in [-0.15, -0.1) is 0 Å². The van der Waals surface area contributed by atoms with E-state index in [1.165, 1.54) is 25.0 Å². The van der Waals surface area contributed by atoms with Gasteiger partial charge in [-0.05, 0) is 30.5 Å². The number of likely N-dealkylation sites (tertiary alicyclic amines) is 1. The Morgan fingerprint density at radius 2 is 2.04 bits per heavy atom. The molecule has 2 aromatic rings. The first-order valence-electron chi connectivity index (χ1n) is 8.29. The third-order valence-electron chi connectivity index (χ3n) is 5.15. The molecule has 1 aliphatic carbocycles. The van der Waals surface area contributed by atoms with Crippen LogP contribution in [0.3, 0.4) is 0 Å². The lowest BCUT2D eigenvalue weighted by atomic mass is 9.87. The predicted octanol–water partition coefficient (Wildman–Crippen LogP) is 2.87. The van der Waals surface area contributed by atoms with Gasteiger partial charge in [0.2, 0.25) is 0 Å². The van der Waals surface area contributed by atoms with Crippen LogP contribution in [0.5, 0.6) is 0 Å². The van der Waals surface area contributed by atoms with Crippen molar-refractivity contribution in [1.29, 1.82) is 0 Å². The minimum absolute atomic E-state index is 0.323. The van der Waals surface area contributed by atoms with Gasteiger partial charge in [0, 0.05) is 37.3 Å². The van der Waals surface area contributed by atoms with Gasteiger partial charge in [-0.25, -0.2) is 18.7 Å². The average Bonchev–Trinajstić information content (AvgIpc) is 3.32. The Morgan fingerprint density at radius 3 is 2.79 bits per heavy atom. The maximum atomic E-state index is 13.3. The Hall–Kier alpha value is -1.92. The molecule has 0 amide bonds. The smallest absolute Gasteiger partial charge is 0.159 e. The Labute approximate surface area is 138 Å². The average molecular weight is 329 g/mol. The molecule has 124 valence electrons. The van der Waals surface area contributed by atoms with Crippen LogP contribution in [-0.2, 0) is 23.5 Å². The lowest BCUT2D eigenvalue weighted by Gasteiger charge is -2.47. The van der Waals surface area contributed by atoms with E-state index in [9.17, 15) is 8.78 Å². The number of aromatic nitrogens is 2. The molecule has 1 aromatic heterocycles. The number of hydrogen-bond acceptors (Lipinski definition) is 4. The minimum Gasteiger partial charge on any atom is -0.361 e. The van der Waals surface area contributed by atoms with E-state index in [1.807, 2.05) is 6.20 Å². The van der Waals surface area contributed by atoms with Crippen LogP contribution in [0.15, 0.2) is 24.4 Å². The van der Waals surface area contributed by atoms with E-state index in [2.05, 4.69) is 14.9 Å². The summed E-state index contributed by atoms with van der Waals surface area (Å²) in [7, 11) is 0. The molecule has 3 aliphatic rings. The van der Waals surface area contributed by atoms with Crippen molar-refractivity contribution in [3.05, 3.63) is 58.7 Å². The van der Waals surface area contributed by atoms with Gasteiger partial charge >= 0.3 is 0 Å². The summed E-state index contributed by atoms with van der Waals surface area (Å²) >= 11 is 0. The van der Waals surface area contributed by atoms with Gasteiger partial charge < -0.3 is 4.74 Å². The molecule has 0 bridgehead atoms. The van der Waals surface area contributed by atoms with E-state index in [-0.39, 0.29) is 5.60 Å². The first-order valence-corrected chi connectivity index (χ1v) is 8.29. The molecule has 0 radical (unpaired) electrons. The topological polar surface area (TPSA) is 38.2 Å². The van der Waals surface area contributed by atoms with Gasteiger partial charge in [0.25, 0.3) is 0 Å². The molecule has 1 aromatic carbocycles. The molecule has 1 saturated carbocycles. The van der Waals surface area contributed by atoms with Gasteiger partial charge in [0.1, 0.15) is 11.4 Å². The quantitative estimate of drug-likeness (QED) is 0.868. The van der Waals surface area contributed by atoms with Crippen LogP contribution in [0.4, 0.5) is 8.78 Å². The van der Waals surface area contributed by atoms with Gasteiger partial charge in [0.15, 0.2) is 11.6 Å². The van der Waals surface area contributed by atoms with E-state index < -0.39 is 11.6 Å². The Balaban J connectivity index is 1.30. The summed E-state index contributed by atoms with van der Waals surface area (Å²) in [5, 5.41) is 0. The van der Waals surface area contributed by atoms with E-state index in [1.54, 1.807) is 6.07 Å².